The molecule has 2 N–H and O–H groups in total. The minimum atomic E-state index is -0.530. The number of rotatable bonds is 12. The van der Waals surface area contributed by atoms with Crippen LogP contribution in [0.15, 0.2) is 85.1 Å². The second-order valence-electron chi connectivity index (χ2n) is 10.1. The van der Waals surface area contributed by atoms with Crippen LogP contribution in [-0.4, -0.2) is 36.9 Å². The average Bonchev–Trinajstić information content (AvgIpc) is 2.96. The van der Waals surface area contributed by atoms with E-state index in [1.165, 1.54) is 21.5 Å². The van der Waals surface area contributed by atoms with Gasteiger partial charge in [-0.1, -0.05) is 36.4 Å². The van der Waals surface area contributed by atoms with Gasteiger partial charge in [-0.3, -0.25) is 43.3 Å². The van der Waals surface area contributed by atoms with Crippen LogP contribution in [0.1, 0.15) is 40.7 Å². The topological polar surface area (TPSA) is 156 Å². The lowest BCUT2D eigenvalue weighted by Crippen LogP contribution is -2.31. The number of aryl methyl sites for hydroxylation is 4. The molecule has 0 aliphatic heterocycles. The summed E-state index contributed by atoms with van der Waals surface area (Å²) in [6.45, 7) is 3.60. The zero-order valence-electron chi connectivity index (χ0n) is 23.4. The Kier molecular flexibility index (Phi) is 9.53. The van der Waals surface area contributed by atoms with E-state index >= 15 is 0 Å². The van der Waals surface area contributed by atoms with E-state index in [0.717, 1.165) is 16.7 Å². The van der Waals surface area contributed by atoms with Gasteiger partial charge >= 0.3 is 11.4 Å². The summed E-state index contributed by atoms with van der Waals surface area (Å²) in [4.78, 5) is 80.5. The molecule has 0 amide bonds. The predicted octanol–water partition coefficient (Wildman–Crippen LogP) is 2.16. The summed E-state index contributed by atoms with van der Waals surface area (Å²) in [7, 11) is 0. The Morgan fingerprint density at radius 3 is 1.57 bits per heavy atom. The van der Waals surface area contributed by atoms with Crippen molar-refractivity contribution < 1.29 is 9.59 Å². The summed E-state index contributed by atoms with van der Waals surface area (Å²) in [5, 5.41) is 0. The maximum Gasteiger partial charge on any atom is 0.328 e. The first-order valence-electron chi connectivity index (χ1n) is 13.4. The van der Waals surface area contributed by atoms with Crippen molar-refractivity contribution in [3.05, 3.63) is 130 Å². The van der Waals surface area contributed by atoms with Gasteiger partial charge in [0.2, 0.25) is 0 Å². The number of carbonyl (C=O) groups excluding carboxylic acids is 2. The Labute approximate surface area is 240 Å². The number of nitrogens with one attached hydrogen (secondary N) is 2. The van der Waals surface area contributed by atoms with Gasteiger partial charge in [-0.2, -0.15) is 0 Å². The summed E-state index contributed by atoms with van der Waals surface area (Å²) < 4.78 is 2.66. The van der Waals surface area contributed by atoms with Crippen LogP contribution in [0.5, 0.6) is 0 Å². The van der Waals surface area contributed by atoms with Crippen LogP contribution >= 0.6 is 0 Å². The molecule has 2 aromatic heterocycles. The van der Waals surface area contributed by atoms with E-state index in [1.807, 2.05) is 48.5 Å². The Morgan fingerprint density at radius 1 is 0.690 bits per heavy atom. The number of aromatic amines is 2. The highest BCUT2D eigenvalue weighted by molar-refractivity contribution is 5.84. The zero-order valence-corrected chi connectivity index (χ0v) is 23.4. The molecule has 216 valence electrons. The highest BCUT2D eigenvalue weighted by Crippen LogP contribution is 2.15. The van der Waals surface area contributed by atoms with Gasteiger partial charge < -0.3 is 0 Å². The molecule has 0 saturated heterocycles. The van der Waals surface area contributed by atoms with Crippen molar-refractivity contribution in [2.24, 2.45) is 4.99 Å². The maximum absolute atomic E-state index is 12.4. The summed E-state index contributed by atoms with van der Waals surface area (Å²) in [6.07, 6.45) is 5.42. The van der Waals surface area contributed by atoms with E-state index in [2.05, 4.69) is 15.0 Å². The molecule has 0 radical (unpaired) electrons. The largest absolute Gasteiger partial charge is 0.328 e. The third-order valence-corrected chi connectivity index (χ3v) is 6.72. The van der Waals surface area contributed by atoms with E-state index in [9.17, 15) is 28.8 Å². The van der Waals surface area contributed by atoms with Gasteiger partial charge in [-0.25, -0.2) is 9.59 Å². The molecule has 0 unspecified atom stereocenters. The lowest BCUT2D eigenvalue weighted by Gasteiger charge is -2.06. The van der Waals surface area contributed by atoms with E-state index in [4.69, 9.17) is 0 Å². The highest BCUT2D eigenvalue weighted by atomic mass is 16.2. The number of ketones is 2. The molecule has 0 bridgehead atoms. The van der Waals surface area contributed by atoms with Crippen molar-refractivity contribution in [2.75, 3.05) is 0 Å². The fourth-order valence-electron chi connectivity index (χ4n) is 4.26. The van der Waals surface area contributed by atoms with Gasteiger partial charge in [0, 0.05) is 68.5 Å². The van der Waals surface area contributed by atoms with E-state index < -0.39 is 22.5 Å². The first kappa shape index (κ1) is 29.8. The lowest BCUT2D eigenvalue weighted by atomic mass is 10.1. The minimum Gasteiger partial charge on any atom is -0.300 e. The molecule has 0 aliphatic carbocycles. The SMILES string of the molecule is Cc1cn(CCC(=O)Cc2ccc(C=Nc3ccc(CC(=O)CCn4cc(C)c(=O)[nH]c4=O)cc3)cc2)c(=O)[nH]c1=O. The lowest BCUT2D eigenvalue weighted by molar-refractivity contribution is -0.119. The van der Waals surface area contributed by atoms with Crippen molar-refractivity contribution in [1.29, 1.82) is 0 Å². The fourth-order valence-corrected chi connectivity index (χ4v) is 4.26. The molecule has 11 nitrogen and oxygen atoms in total. The molecule has 2 aromatic carbocycles. The van der Waals surface area contributed by atoms with Crippen LogP contribution in [0.3, 0.4) is 0 Å². The standard InChI is InChI=1S/C31H31N5O6/c1-20-18-35(30(41)33-28(20)39)13-11-26(37)15-22-3-5-24(6-4-22)17-32-25-9-7-23(8-10-25)16-27(38)12-14-36-19-21(2)29(40)34-31(36)42/h3-10,17-19H,11-16H2,1-2H3,(H,33,39,41)(H,34,40,42). The monoisotopic (exact) mass is 569 g/mol. The molecule has 11 heteroatoms. The second-order valence-corrected chi connectivity index (χ2v) is 10.1. The number of hydrogen-bond donors (Lipinski definition) is 2. The number of aromatic nitrogens is 4. The van der Waals surface area contributed by atoms with Gasteiger partial charge in [-0.05, 0) is 42.7 Å². The number of aliphatic imine (C=N–C) groups is 1. The van der Waals surface area contributed by atoms with Crippen LogP contribution in [0.4, 0.5) is 5.69 Å². The molecule has 0 fully saturated rings. The quantitative estimate of drug-likeness (QED) is 0.249. The van der Waals surface area contributed by atoms with Crippen LogP contribution in [-0.2, 0) is 35.5 Å². The van der Waals surface area contributed by atoms with Gasteiger partial charge in [-0.15, -0.1) is 0 Å². The number of hydrogen-bond acceptors (Lipinski definition) is 7. The van der Waals surface area contributed by atoms with Crippen LogP contribution in [0.2, 0.25) is 0 Å². The van der Waals surface area contributed by atoms with E-state index in [0.29, 0.717) is 16.8 Å². The summed E-state index contributed by atoms with van der Waals surface area (Å²) in [5.74, 6) is -0.0489. The van der Waals surface area contributed by atoms with Crippen molar-refractivity contribution in [2.45, 2.75) is 52.6 Å². The van der Waals surface area contributed by atoms with Crippen molar-refractivity contribution in [1.82, 2.24) is 19.1 Å². The Bertz CT molecular complexity index is 1720. The van der Waals surface area contributed by atoms with Crippen molar-refractivity contribution in [3.63, 3.8) is 0 Å². The molecule has 42 heavy (non-hydrogen) atoms. The maximum atomic E-state index is 12.4. The minimum absolute atomic E-state index is 0.0221. The van der Waals surface area contributed by atoms with Crippen LogP contribution in [0.25, 0.3) is 0 Å². The number of carbonyl (C=O) groups is 2. The first-order valence-corrected chi connectivity index (χ1v) is 13.4. The molecular formula is C31H31N5O6. The molecule has 0 atom stereocenters. The number of nitrogens with zero attached hydrogens (tertiary/aromatic N) is 3. The summed E-state index contributed by atoms with van der Waals surface area (Å²) in [5.41, 5.74) is 2.16. The predicted molar refractivity (Wildman–Crippen MR) is 159 cm³/mol. The van der Waals surface area contributed by atoms with Crippen LogP contribution in [0, 0.1) is 13.8 Å². The Balaban J connectivity index is 1.25. The normalized spacial score (nSPS) is 11.2. The summed E-state index contributed by atoms with van der Waals surface area (Å²) >= 11 is 0. The molecular weight excluding hydrogens is 538 g/mol. The molecule has 4 rings (SSSR count). The third-order valence-electron chi connectivity index (χ3n) is 6.72. The van der Waals surface area contributed by atoms with Crippen molar-refractivity contribution in [3.8, 4) is 0 Å². The number of Topliss-reactive ketones (excluding diaryl/α,β-unsaturated/α-hetero) is 2. The van der Waals surface area contributed by atoms with E-state index in [-0.39, 0.29) is 50.3 Å². The number of H-pyrrole nitrogens is 2. The van der Waals surface area contributed by atoms with Crippen LogP contribution < -0.4 is 22.5 Å². The zero-order chi connectivity index (χ0) is 30.2. The average molecular weight is 570 g/mol. The third kappa shape index (κ3) is 8.17. The van der Waals surface area contributed by atoms with Crippen molar-refractivity contribution >= 4 is 23.5 Å². The summed E-state index contributed by atoms with van der Waals surface area (Å²) in [6, 6.07) is 14.7. The van der Waals surface area contributed by atoms with Gasteiger partial charge in [0.25, 0.3) is 11.1 Å². The molecule has 0 saturated carbocycles. The molecule has 4 aromatic rings. The van der Waals surface area contributed by atoms with E-state index in [1.54, 1.807) is 20.1 Å². The molecule has 0 spiro atoms. The second kappa shape index (κ2) is 13.4. The fraction of sp³-hybridized carbons (Fsp3) is 0.258. The molecule has 0 aliphatic rings. The Morgan fingerprint density at radius 2 is 1.12 bits per heavy atom. The highest BCUT2D eigenvalue weighted by Gasteiger charge is 2.08. The molecule has 2 heterocycles. The smallest absolute Gasteiger partial charge is 0.300 e. The van der Waals surface area contributed by atoms with Gasteiger partial charge in [0.05, 0.1) is 5.69 Å². The first-order chi connectivity index (χ1) is 20.1. The van der Waals surface area contributed by atoms with Gasteiger partial charge in [0.15, 0.2) is 0 Å². The number of benzene rings is 2. The van der Waals surface area contributed by atoms with Gasteiger partial charge in [0.1, 0.15) is 11.6 Å². The Hall–Kier alpha value is -5.19.